The molecule has 0 spiro atoms. The van der Waals surface area contributed by atoms with E-state index in [0.29, 0.717) is 19.5 Å². The second kappa shape index (κ2) is 6.21. The van der Waals surface area contributed by atoms with E-state index in [9.17, 15) is 9.90 Å². The van der Waals surface area contributed by atoms with Crippen LogP contribution in [0.3, 0.4) is 0 Å². The number of nitrogens with zero attached hydrogens (tertiary/aromatic N) is 1. The van der Waals surface area contributed by atoms with Crippen LogP contribution in [0, 0.1) is 5.41 Å². The van der Waals surface area contributed by atoms with E-state index in [4.69, 9.17) is 11.6 Å². The molecule has 0 bridgehead atoms. The van der Waals surface area contributed by atoms with E-state index >= 15 is 0 Å². The predicted octanol–water partition coefficient (Wildman–Crippen LogP) is 3.27. The smallest absolute Gasteiger partial charge is 0.310 e. The molecule has 0 aliphatic carbocycles. The summed E-state index contributed by atoms with van der Waals surface area (Å²) in [5, 5.41) is 9.97. The molecular weight excluding hydrogens is 250 g/mol. The molecule has 0 radical (unpaired) electrons. The van der Waals surface area contributed by atoms with Crippen LogP contribution in [0.25, 0.3) is 0 Å². The highest BCUT2D eigenvalue weighted by molar-refractivity contribution is 6.31. The van der Waals surface area contributed by atoms with E-state index in [0.717, 1.165) is 10.6 Å². The van der Waals surface area contributed by atoms with Gasteiger partial charge in [0.05, 0.1) is 5.41 Å². The third-order valence-corrected chi connectivity index (χ3v) is 3.68. The highest BCUT2D eigenvalue weighted by atomic mass is 35.5. The van der Waals surface area contributed by atoms with Gasteiger partial charge in [0.25, 0.3) is 0 Å². The van der Waals surface area contributed by atoms with Crippen LogP contribution in [0.2, 0.25) is 5.02 Å². The summed E-state index contributed by atoms with van der Waals surface area (Å²) in [7, 11) is 1.92. The van der Waals surface area contributed by atoms with Gasteiger partial charge in [0.1, 0.15) is 0 Å². The van der Waals surface area contributed by atoms with Crippen molar-refractivity contribution >= 4 is 17.6 Å². The molecule has 1 aromatic carbocycles. The SMILES string of the molecule is CCC(C)(CN(C)Cc1ccccc1Cl)C(=O)O. The van der Waals surface area contributed by atoms with Gasteiger partial charge in [0.15, 0.2) is 0 Å². The minimum absolute atomic E-state index is 0.504. The molecule has 0 aliphatic heterocycles. The third-order valence-electron chi connectivity index (χ3n) is 3.31. The molecule has 1 rings (SSSR count). The first-order chi connectivity index (χ1) is 8.39. The number of aliphatic carboxylic acids is 1. The Kier molecular flexibility index (Phi) is 5.17. The minimum atomic E-state index is -0.754. The number of carboxylic acids is 1. The number of halogens is 1. The first-order valence-corrected chi connectivity index (χ1v) is 6.42. The van der Waals surface area contributed by atoms with Crippen LogP contribution in [0.15, 0.2) is 24.3 Å². The normalized spacial score (nSPS) is 14.5. The average molecular weight is 270 g/mol. The van der Waals surface area contributed by atoms with Crippen LogP contribution < -0.4 is 0 Å². The lowest BCUT2D eigenvalue weighted by molar-refractivity contribution is -0.149. The molecule has 1 N–H and O–H groups in total. The van der Waals surface area contributed by atoms with Crippen molar-refractivity contribution < 1.29 is 9.90 Å². The van der Waals surface area contributed by atoms with Gasteiger partial charge < -0.3 is 10.0 Å². The Morgan fingerprint density at radius 3 is 2.56 bits per heavy atom. The van der Waals surface area contributed by atoms with Gasteiger partial charge in [-0.3, -0.25) is 4.79 Å². The van der Waals surface area contributed by atoms with Gasteiger partial charge in [-0.1, -0.05) is 36.7 Å². The Bertz CT molecular complexity index is 422. The number of rotatable bonds is 6. The van der Waals surface area contributed by atoms with Crippen LogP contribution in [0.5, 0.6) is 0 Å². The fraction of sp³-hybridized carbons (Fsp3) is 0.500. The van der Waals surface area contributed by atoms with Gasteiger partial charge >= 0.3 is 5.97 Å². The number of carbonyl (C=O) groups is 1. The van der Waals surface area contributed by atoms with Crippen LogP contribution in [0.1, 0.15) is 25.8 Å². The molecule has 0 saturated carbocycles. The van der Waals surface area contributed by atoms with Crippen molar-refractivity contribution in [3.63, 3.8) is 0 Å². The summed E-state index contributed by atoms with van der Waals surface area (Å²) in [5.74, 6) is -0.754. The lowest BCUT2D eigenvalue weighted by atomic mass is 9.87. The molecule has 0 amide bonds. The highest BCUT2D eigenvalue weighted by Crippen LogP contribution is 2.24. The zero-order chi connectivity index (χ0) is 13.8. The summed E-state index contributed by atoms with van der Waals surface area (Å²) in [6.07, 6.45) is 0.606. The number of hydrogen-bond acceptors (Lipinski definition) is 2. The van der Waals surface area contributed by atoms with Crippen molar-refractivity contribution in [3.8, 4) is 0 Å². The Balaban J connectivity index is 2.70. The largest absolute Gasteiger partial charge is 0.481 e. The quantitative estimate of drug-likeness (QED) is 0.862. The molecule has 0 aromatic heterocycles. The van der Waals surface area contributed by atoms with E-state index in [1.54, 1.807) is 6.92 Å². The molecule has 100 valence electrons. The van der Waals surface area contributed by atoms with Gasteiger partial charge in [0, 0.05) is 18.1 Å². The Labute approximate surface area is 113 Å². The maximum absolute atomic E-state index is 11.3. The van der Waals surface area contributed by atoms with E-state index in [1.807, 2.05) is 43.1 Å². The Morgan fingerprint density at radius 2 is 2.06 bits per heavy atom. The van der Waals surface area contributed by atoms with E-state index in [1.165, 1.54) is 0 Å². The van der Waals surface area contributed by atoms with Gasteiger partial charge in [-0.25, -0.2) is 0 Å². The molecule has 1 atom stereocenters. The van der Waals surface area contributed by atoms with Gasteiger partial charge in [-0.15, -0.1) is 0 Å². The number of benzene rings is 1. The van der Waals surface area contributed by atoms with Crippen molar-refractivity contribution in [3.05, 3.63) is 34.9 Å². The molecule has 18 heavy (non-hydrogen) atoms. The summed E-state index contributed by atoms with van der Waals surface area (Å²) in [4.78, 5) is 13.3. The number of carboxylic acid groups (broad SMARTS) is 1. The fourth-order valence-electron chi connectivity index (χ4n) is 1.90. The molecule has 1 aromatic rings. The summed E-state index contributed by atoms with van der Waals surface area (Å²) >= 11 is 6.09. The van der Waals surface area contributed by atoms with Crippen molar-refractivity contribution in [2.24, 2.45) is 5.41 Å². The zero-order valence-corrected chi connectivity index (χ0v) is 11.9. The van der Waals surface area contributed by atoms with Gasteiger partial charge in [-0.05, 0) is 32.0 Å². The van der Waals surface area contributed by atoms with Crippen LogP contribution in [0.4, 0.5) is 0 Å². The van der Waals surface area contributed by atoms with E-state index in [2.05, 4.69) is 0 Å². The molecule has 0 aliphatic rings. The lowest BCUT2D eigenvalue weighted by Crippen LogP contribution is -2.38. The van der Waals surface area contributed by atoms with Gasteiger partial charge in [-0.2, -0.15) is 0 Å². The third kappa shape index (κ3) is 3.72. The highest BCUT2D eigenvalue weighted by Gasteiger charge is 2.32. The second-order valence-corrected chi connectivity index (χ2v) is 5.39. The first-order valence-electron chi connectivity index (χ1n) is 6.04. The molecule has 4 heteroatoms. The predicted molar refractivity (Wildman–Crippen MR) is 73.8 cm³/mol. The van der Waals surface area contributed by atoms with Crippen LogP contribution in [-0.2, 0) is 11.3 Å². The topological polar surface area (TPSA) is 40.5 Å². The van der Waals surface area contributed by atoms with E-state index < -0.39 is 11.4 Å². The summed E-state index contributed by atoms with van der Waals surface area (Å²) in [6, 6.07) is 7.63. The van der Waals surface area contributed by atoms with Crippen molar-refractivity contribution in [2.45, 2.75) is 26.8 Å². The summed E-state index contributed by atoms with van der Waals surface area (Å²) < 4.78 is 0. The molecule has 0 saturated heterocycles. The van der Waals surface area contributed by atoms with Gasteiger partial charge in [0.2, 0.25) is 0 Å². The average Bonchev–Trinajstić information content (AvgIpc) is 2.31. The number of hydrogen-bond donors (Lipinski definition) is 1. The first kappa shape index (κ1) is 15.0. The maximum Gasteiger partial charge on any atom is 0.310 e. The van der Waals surface area contributed by atoms with Crippen LogP contribution >= 0.6 is 11.6 Å². The molecular formula is C14H20ClNO2. The van der Waals surface area contributed by atoms with Crippen molar-refractivity contribution in [2.75, 3.05) is 13.6 Å². The lowest BCUT2D eigenvalue weighted by Gasteiger charge is -2.29. The van der Waals surface area contributed by atoms with Crippen molar-refractivity contribution in [1.82, 2.24) is 4.90 Å². The summed E-state index contributed by atoms with van der Waals surface area (Å²) in [6.45, 7) is 4.84. The Hall–Kier alpha value is -1.06. The summed E-state index contributed by atoms with van der Waals surface area (Å²) in [5.41, 5.74) is 0.307. The minimum Gasteiger partial charge on any atom is -0.481 e. The molecule has 3 nitrogen and oxygen atoms in total. The molecule has 1 unspecified atom stereocenters. The monoisotopic (exact) mass is 269 g/mol. The van der Waals surface area contributed by atoms with E-state index in [-0.39, 0.29) is 0 Å². The van der Waals surface area contributed by atoms with Crippen LogP contribution in [-0.4, -0.2) is 29.6 Å². The second-order valence-electron chi connectivity index (χ2n) is 4.98. The molecule has 0 fully saturated rings. The maximum atomic E-state index is 11.3. The Morgan fingerprint density at radius 1 is 1.44 bits per heavy atom. The fourth-order valence-corrected chi connectivity index (χ4v) is 2.10. The van der Waals surface area contributed by atoms with Crippen molar-refractivity contribution in [1.29, 1.82) is 0 Å². The zero-order valence-electron chi connectivity index (χ0n) is 11.1. The standard InChI is InChI=1S/C14H20ClNO2/c1-4-14(2,13(17)18)10-16(3)9-11-7-5-6-8-12(11)15/h5-8H,4,9-10H2,1-3H3,(H,17,18). The molecule has 0 heterocycles.